The van der Waals surface area contributed by atoms with Crippen molar-refractivity contribution in [2.75, 3.05) is 18.5 Å². The van der Waals surface area contributed by atoms with Gasteiger partial charge in [0.15, 0.2) is 0 Å². The van der Waals surface area contributed by atoms with E-state index < -0.39 is 42.2 Å². The number of carbonyl (C=O) groups excluding carboxylic acids is 3. The molecule has 0 heterocycles. The summed E-state index contributed by atoms with van der Waals surface area (Å²) in [6, 6.07) is 9.78. The monoisotopic (exact) mass is 513 g/mol. The van der Waals surface area contributed by atoms with Crippen molar-refractivity contribution < 1.29 is 29.3 Å². The van der Waals surface area contributed by atoms with Gasteiger partial charge in [0.2, 0.25) is 5.91 Å². The summed E-state index contributed by atoms with van der Waals surface area (Å²) in [4.78, 5) is 41.4. The number of amides is 3. The highest BCUT2D eigenvalue weighted by molar-refractivity contribution is 5.99. The van der Waals surface area contributed by atoms with Gasteiger partial charge in [-0.25, -0.2) is 4.79 Å². The van der Waals surface area contributed by atoms with Gasteiger partial charge in [-0.15, -0.1) is 0 Å². The predicted octanol–water partition coefficient (Wildman–Crippen LogP) is 4.06. The molecule has 0 aliphatic carbocycles. The van der Waals surface area contributed by atoms with E-state index in [0.717, 1.165) is 5.56 Å². The van der Waals surface area contributed by atoms with Gasteiger partial charge >= 0.3 is 6.09 Å². The Kier molecular flexibility index (Phi) is 10.1. The Hall–Kier alpha value is -3.59. The molecule has 37 heavy (non-hydrogen) atoms. The van der Waals surface area contributed by atoms with Gasteiger partial charge in [-0.2, -0.15) is 0 Å². The summed E-state index contributed by atoms with van der Waals surface area (Å²) >= 11 is 0. The molecule has 0 aliphatic rings. The van der Waals surface area contributed by atoms with Crippen molar-refractivity contribution in [3.8, 4) is 5.75 Å². The zero-order valence-electron chi connectivity index (χ0n) is 22.7. The average molecular weight is 514 g/mol. The topological polar surface area (TPSA) is 128 Å². The number of phenols is 1. The van der Waals surface area contributed by atoms with Crippen LogP contribution in [0.5, 0.6) is 5.75 Å². The fourth-order valence-corrected chi connectivity index (χ4v) is 3.87. The molecule has 4 N–H and O–H groups in total. The van der Waals surface area contributed by atoms with Gasteiger partial charge in [-0.05, 0) is 57.7 Å². The minimum absolute atomic E-state index is 0.135. The highest BCUT2D eigenvalue weighted by atomic mass is 16.6. The molecule has 0 bridgehead atoms. The first kappa shape index (κ1) is 29.6. The minimum atomic E-state index is -1.29. The van der Waals surface area contributed by atoms with Crippen molar-refractivity contribution >= 4 is 23.6 Å². The molecule has 2 unspecified atom stereocenters. The summed E-state index contributed by atoms with van der Waals surface area (Å²) in [6.07, 6.45) is -0.775. The third-order valence-electron chi connectivity index (χ3n) is 5.76. The van der Waals surface area contributed by atoms with Crippen LogP contribution in [0.4, 0.5) is 10.5 Å². The summed E-state index contributed by atoms with van der Waals surface area (Å²) in [5.41, 5.74) is 1.31. The molecule has 202 valence electrons. The van der Waals surface area contributed by atoms with Crippen LogP contribution < -0.4 is 10.6 Å². The molecule has 0 aromatic heterocycles. The number of carbonyl (C=O) groups is 3. The number of nitrogens with zero attached hydrogens (tertiary/aromatic N) is 1. The van der Waals surface area contributed by atoms with Crippen molar-refractivity contribution in [2.45, 2.75) is 66.2 Å². The standard InChI is InChI=1S/C28H39N3O6/c1-17(2)22(30-27(36)37-28(5,6)7)26(35)31(15-16-32)23(20-13-10-12-19(4)24(20)33)25(34)29-21-14-9-8-11-18(21)3/h8-14,17,22-23,32-33H,15-16H2,1-7H3,(H,29,34)(H,30,36). The van der Waals surface area contributed by atoms with Crippen molar-refractivity contribution in [1.29, 1.82) is 0 Å². The number of hydrogen-bond acceptors (Lipinski definition) is 6. The van der Waals surface area contributed by atoms with Crippen LogP contribution in [0.25, 0.3) is 0 Å². The Balaban J connectivity index is 2.56. The second kappa shape index (κ2) is 12.6. The lowest BCUT2D eigenvalue weighted by Crippen LogP contribution is -2.55. The Morgan fingerprint density at radius 1 is 1.00 bits per heavy atom. The largest absolute Gasteiger partial charge is 0.507 e. The Bertz CT molecular complexity index is 1110. The van der Waals surface area contributed by atoms with Gasteiger partial charge in [-0.3, -0.25) is 9.59 Å². The third-order valence-corrected chi connectivity index (χ3v) is 5.76. The molecular formula is C28H39N3O6. The molecule has 9 nitrogen and oxygen atoms in total. The van der Waals surface area contributed by atoms with Gasteiger partial charge in [0.05, 0.1) is 6.61 Å². The lowest BCUT2D eigenvalue weighted by molar-refractivity contribution is -0.142. The first-order chi connectivity index (χ1) is 17.3. The van der Waals surface area contributed by atoms with E-state index in [9.17, 15) is 24.6 Å². The number of aliphatic hydroxyl groups excluding tert-OH is 1. The first-order valence-electron chi connectivity index (χ1n) is 12.3. The van der Waals surface area contributed by atoms with Gasteiger partial charge < -0.3 is 30.5 Å². The summed E-state index contributed by atoms with van der Waals surface area (Å²) in [5, 5.41) is 26.2. The fraction of sp³-hybridized carbons (Fsp3) is 0.464. The number of nitrogens with one attached hydrogen (secondary N) is 2. The van der Waals surface area contributed by atoms with Crippen LogP contribution in [-0.4, -0.2) is 57.8 Å². The molecule has 0 saturated carbocycles. The molecule has 3 amide bonds. The molecule has 2 rings (SSSR count). The van der Waals surface area contributed by atoms with Crippen molar-refractivity contribution in [2.24, 2.45) is 5.92 Å². The SMILES string of the molecule is Cc1ccccc1NC(=O)C(c1cccc(C)c1O)N(CCO)C(=O)C(NC(=O)OC(C)(C)C)C(C)C. The molecule has 2 atom stereocenters. The van der Waals surface area contributed by atoms with Crippen LogP contribution in [0.15, 0.2) is 42.5 Å². The fourth-order valence-electron chi connectivity index (χ4n) is 3.87. The maximum atomic E-state index is 13.9. The number of rotatable bonds is 9. The van der Waals surface area contributed by atoms with Crippen LogP contribution in [0.1, 0.15) is 57.4 Å². The maximum absolute atomic E-state index is 13.9. The molecule has 9 heteroatoms. The predicted molar refractivity (Wildman–Crippen MR) is 142 cm³/mol. The van der Waals surface area contributed by atoms with E-state index in [1.807, 2.05) is 19.1 Å². The summed E-state index contributed by atoms with van der Waals surface area (Å²) in [7, 11) is 0. The quantitative estimate of drug-likeness (QED) is 0.400. The number of benzene rings is 2. The van der Waals surface area contributed by atoms with Crippen molar-refractivity contribution in [1.82, 2.24) is 10.2 Å². The second-order valence-electron chi connectivity index (χ2n) is 10.3. The maximum Gasteiger partial charge on any atom is 0.408 e. The average Bonchev–Trinajstić information content (AvgIpc) is 2.79. The summed E-state index contributed by atoms with van der Waals surface area (Å²) in [6.45, 7) is 11.5. The second-order valence-corrected chi connectivity index (χ2v) is 10.3. The number of aromatic hydroxyl groups is 1. The van der Waals surface area contributed by atoms with E-state index in [-0.39, 0.29) is 23.8 Å². The highest BCUT2D eigenvalue weighted by Crippen LogP contribution is 2.33. The number of aliphatic hydroxyl groups is 1. The molecule has 0 radical (unpaired) electrons. The lowest BCUT2D eigenvalue weighted by atomic mass is 9.97. The number of aryl methyl sites for hydroxylation is 2. The van der Waals surface area contributed by atoms with Gasteiger partial charge in [0.25, 0.3) is 5.91 Å². The molecule has 0 saturated heterocycles. The molecule has 0 spiro atoms. The van der Waals surface area contributed by atoms with Crippen LogP contribution in [0, 0.1) is 19.8 Å². The normalized spacial score (nSPS) is 13.0. The zero-order chi connectivity index (χ0) is 27.9. The van der Waals surface area contributed by atoms with E-state index in [0.29, 0.717) is 11.3 Å². The van der Waals surface area contributed by atoms with Gasteiger partial charge in [0.1, 0.15) is 23.4 Å². The van der Waals surface area contributed by atoms with Crippen LogP contribution >= 0.6 is 0 Å². The Morgan fingerprint density at radius 2 is 1.62 bits per heavy atom. The number of para-hydroxylation sites is 2. The number of hydrogen-bond donors (Lipinski definition) is 4. The smallest absolute Gasteiger partial charge is 0.408 e. The molecule has 2 aromatic rings. The van der Waals surface area contributed by atoms with Crippen LogP contribution in [-0.2, 0) is 14.3 Å². The zero-order valence-corrected chi connectivity index (χ0v) is 22.7. The molecule has 0 fully saturated rings. The van der Waals surface area contributed by atoms with E-state index >= 15 is 0 Å². The number of anilines is 1. The van der Waals surface area contributed by atoms with Gasteiger partial charge in [-0.1, -0.05) is 50.2 Å². The van der Waals surface area contributed by atoms with E-state index in [2.05, 4.69) is 10.6 Å². The van der Waals surface area contributed by atoms with E-state index in [4.69, 9.17) is 4.74 Å². The Morgan fingerprint density at radius 3 is 2.19 bits per heavy atom. The lowest BCUT2D eigenvalue weighted by Gasteiger charge is -2.35. The van der Waals surface area contributed by atoms with E-state index in [1.165, 1.54) is 4.90 Å². The molecule has 2 aromatic carbocycles. The highest BCUT2D eigenvalue weighted by Gasteiger charge is 2.38. The van der Waals surface area contributed by atoms with Crippen LogP contribution in [0.2, 0.25) is 0 Å². The Labute approximate surface area is 218 Å². The summed E-state index contributed by atoms with van der Waals surface area (Å²) < 4.78 is 5.34. The first-order valence-corrected chi connectivity index (χ1v) is 12.3. The van der Waals surface area contributed by atoms with Gasteiger partial charge in [0, 0.05) is 17.8 Å². The number of ether oxygens (including phenoxy) is 1. The molecular weight excluding hydrogens is 474 g/mol. The minimum Gasteiger partial charge on any atom is -0.507 e. The number of alkyl carbamates (subject to hydrolysis) is 1. The van der Waals surface area contributed by atoms with E-state index in [1.54, 1.807) is 71.9 Å². The van der Waals surface area contributed by atoms with Crippen molar-refractivity contribution in [3.05, 3.63) is 59.2 Å². The third kappa shape index (κ3) is 7.95. The number of phenolic OH excluding ortho intramolecular Hbond substituents is 1. The van der Waals surface area contributed by atoms with Crippen molar-refractivity contribution in [3.63, 3.8) is 0 Å². The summed E-state index contributed by atoms with van der Waals surface area (Å²) in [5.74, 6) is -1.67. The molecule has 0 aliphatic heterocycles. The van der Waals surface area contributed by atoms with Crippen LogP contribution in [0.3, 0.4) is 0 Å².